The van der Waals surface area contributed by atoms with Crippen LogP contribution in [-0.2, 0) is 30.4 Å². The van der Waals surface area contributed by atoms with Gasteiger partial charge in [-0.05, 0) is 64.0 Å². The standard InChI is InChI=1S/C25H39N3O7S/c1-25(2,3)35-23(31)26-15-10-9-13-20(22(30)33-4)27-21(29)19(14-16-36-5)28-24(32)34-17-18-11-7-6-8-12-18/h6-8,11-12,19-20H,9-10,13-17H2,1-5H3,(H,26,31)(H,27,29)(H,28,32). The molecule has 0 heterocycles. The van der Waals surface area contributed by atoms with E-state index in [4.69, 9.17) is 14.2 Å². The number of hydrogen-bond acceptors (Lipinski definition) is 8. The van der Waals surface area contributed by atoms with Crippen molar-refractivity contribution in [3.63, 3.8) is 0 Å². The molecule has 0 fully saturated rings. The lowest BCUT2D eigenvalue weighted by Crippen LogP contribution is -2.52. The van der Waals surface area contributed by atoms with Crippen LogP contribution >= 0.6 is 11.8 Å². The quantitative estimate of drug-likeness (QED) is 0.191. The minimum Gasteiger partial charge on any atom is -0.467 e. The highest BCUT2D eigenvalue weighted by molar-refractivity contribution is 7.98. The minimum atomic E-state index is -0.886. The fraction of sp³-hybridized carbons (Fsp3) is 0.600. The molecule has 0 saturated carbocycles. The van der Waals surface area contributed by atoms with Gasteiger partial charge in [-0.3, -0.25) is 4.79 Å². The average Bonchev–Trinajstić information content (AvgIpc) is 2.83. The van der Waals surface area contributed by atoms with Gasteiger partial charge in [-0.2, -0.15) is 11.8 Å². The number of hydrogen-bond donors (Lipinski definition) is 3. The zero-order valence-electron chi connectivity index (χ0n) is 21.8. The monoisotopic (exact) mass is 525 g/mol. The molecule has 10 nitrogen and oxygen atoms in total. The van der Waals surface area contributed by atoms with Gasteiger partial charge in [-0.25, -0.2) is 14.4 Å². The second-order valence-corrected chi connectivity index (χ2v) is 10.0. The van der Waals surface area contributed by atoms with Crippen molar-refractivity contribution in [1.82, 2.24) is 16.0 Å². The van der Waals surface area contributed by atoms with Gasteiger partial charge in [0.2, 0.25) is 5.91 Å². The molecule has 2 unspecified atom stereocenters. The molecule has 0 bridgehead atoms. The number of unbranched alkanes of at least 4 members (excludes halogenated alkanes) is 1. The summed E-state index contributed by atoms with van der Waals surface area (Å²) in [5, 5.41) is 7.93. The van der Waals surface area contributed by atoms with Crippen LogP contribution in [0.2, 0.25) is 0 Å². The van der Waals surface area contributed by atoms with E-state index in [9.17, 15) is 19.2 Å². The Kier molecular flexibility index (Phi) is 14.4. The van der Waals surface area contributed by atoms with Crippen LogP contribution in [0.25, 0.3) is 0 Å². The number of rotatable bonds is 14. The van der Waals surface area contributed by atoms with Gasteiger partial charge in [0.05, 0.1) is 7.11 Å². The van der Waals surface area contributed by atoms with E-state index >= 15 is 0 Å². The van der Waals surface area contributed by atoms with Crippen molar-refractivity contribution in [2.24, 2.45) is 0 Å². The molecule has 36 heavy (non-hydrogen) atoms. The van der Waals surface area contributed by atoms with Gasteiger partial charge in [-0.15, -0.1) is 0 Å². The molecule has 2 atom stereocenters. The van der Waals surface area contributed by atoms with E-state index in [0.717, 1.165) is 5.56 Å². The fourth-order valence-electron chi connectivity index (χ4n) is 3.05. The molecule has 202 valence electrons. The third-order valence-corrected chi connectivity index (χ3v) is 5.47. The molecule has 0 saturated heterocycles. The second-order valence-electron chi connectivity index (χ2n) is 9.05. The lowest BCUT2D eigenvalue weighted by Gasteiger charge is -2.22. The van der Waals surface area contributed by atoms with Crippen LogP contribution < -0.4 is 16.0 Å². The molecule has 11 heteroatoms. The zero-order chi connectivity index (χ0) is 27.0. The molecule has 0 aliphatic heterocycles. The molecule has 0 aliphatic carbocycles. The number of amides is 3. The largest absolute Gasteiger partial charge is 0.467 e. The Bertz CT molecular complexity index is 831. The number of ether oxygens (including phenoxy) is 3. The van der Waals surface area contributed by atoms with E-state index in [1.165, 1.54) is 18.9 Å². The summed E-state index contributed by atoms with van der Waals surface area (Å²) in [5.41, 5.74) is 0.240. The molecular formula is C25H39N3O7S. The molecule has 1 aromatic rings. The Morgan fingerprint density at radius 1 is 0.944 bits per heavy atom. The third kappa shape index (κ3) is 13.8. The topological polar surface area (TPSA) is 132 Å². The van der Waals surface area contributed by atoms with Crippen LogP contribution in [0.1, 0.15) is 52.0 Å². The summed E-state index contributed by atoms with van der Waals surface area (Å²) in [4.78, 5) is 49.2. The Balaban J connectivity index is 2.59. The van der Waals surface area contributed by atoms with Gasteiger partial charge in [0.15, 0.2) is 0 Å². The summed E-state index contributed by atoms with van der Waals surface area (Å²) in [6.07, 6.45) is 2.44. The van der Waals surface area contributed by atoms with E-state index < -0.39 is 41.7 Å². The molecule has 3 N–H and O–H groups in total. The van der Waals surface area contributed by atoms with Gasteiger partial charge < -0.3 is 30.2 Å². The Hall–Kier alpha value is -2.95. The number of nitrogens with one attached hydrogen (secondary N) is 3. The predicted octanol–water partition coefficient (Wildman–Crippen LogP) is 3.39. The lowest BCUT2D eigenvalue weighted by molar-refractivity contribution is -0.145. The maximum atomic E-state index is 12.9. The molecular weight excluding hydrogens is 486 g/mol. The highest BCUT2D eigenvalue weighted by Gasteiger charge is 2.27. The van der Waals surface area contributed by atoms with Gasteiger partial charge in [-0.1, -0.05) is 30.3 Å². The summed E-state index contributed by atoms with van der Waals surface area (Å²) < 4.78 is 15.2. The number of methoxy groups -OCH3 is 1. The van der Waals surface area contributed by atoms with Crippen LogP contribution in [0.3, 0.4) is 0 Å². The number of benzene rings is 1. The van der Waals surface area contributed by atoms with Crippen molar-refractivity contribution in [2.45, 2.75) is 70.7 Å². The molecule has 0 aliphatic rings. The maximum absolute atomic E-state index is 12.9. The van der Waals surface area contributed by atoms with E-state index in [1.807, 2.05) is 36.6 Å². The van der Waals surface area contributed by atoms with Crippen LogP contribution in [-0.4, -0.2) is 67.4 Å². The fourth-order valence-corrected chi connectivity index (χ4v) is 3.52. The van der Waals surface area contributed by atoms with E-state index in [0.29, 0.717) is 38.0 Å². The number of thioether (sulfide) groups is 1. The Labute approximate surface area is 217 Å². The van der Waals surface area contributed by atoms with E-state index in [1.54, 1.807) is 20.8 Å². The van der Waals surface area contributed by atoms with Crippen LogP contribution in [0, 0.1) is 0 Å². The van der Waals surface area contributed by atoms with Gasteiger partial charge >= 0.3 is 18.2 Å². The van der Waals surface area contributed by atoms with Crippen molar-refractivity contribution < 1.29 is 33.4 Å². The SMILES string of the molecule is COC(=O)C(CCCCNC(=O)OC(C)(C)C)NC(=O)C(CCSC)NC(=O)OCc1ccccc1. The molecule has 1 rings (SSSR count). The summed E-state index contributed by atoms with van der Waals surface area (Å²) >= 11 is 1.53. The van der Waals surface area contributed by atoms with Gasteiger partial charge in [0, 0.05) is 6.54 Å². The first-order valence-corrected chi connectivity index (χ1v) is 13.3. The Morgan fingerprint density at radius 3 is 2.25 bits per heavy atom. The summed E-state index contributed by atoms with van der Waals surface area (Å²) in [5.74, 6) is -0.460. The highest BCUT2D eigenvalue weighted by Crippen LogP contribution is 2.09. The van der Waals surface area contributed by atoms with E-state index in [2.05, 4.69) is 16.0 Å². The molecule has 0 spiro atoms. The molecule has 0 aromatic heterocycles. The predicted molar refractivity (Wildman–Crippen MR) is 139 cm³/mol. The van der Waals surface area contributed by atoms with Crippen molar-refractivity contribution in [1.29, 1.82) is 0 Å². The third-order valence-electron chi connectivity index (χ3n) is 4.82. The Morgan fingerprint density at radius 2 is 1.64 bits per heavy atom. The first kappa shape index (κ1) is 31.1. The first-order chi connectivity index (χ1) is 17.1. The van der Waals surface area contributed by atoms with Gasteiger partial charge in [0.25, 0.3) is 0 Å². The summed E-state index contributed by atoms with van der Waals surface area (Å²) in [6.45, 7) is 5.77. The highest BCUT2D eigenvalue weighted by atomic mass is 32.2. The van der Waals surface area contributed by atoms with Crippen molar-refractivity contribution in [3.05, 3.63) is 35.9 Å². The number of carbonyl (C=O) groups excluding carboxylic acids is 4. The maximum Gasteiger partial charge on any atom is 0.408 e. The number of carbonyl (C=O) groups is 4. The first-order valence-electron chi connectivity index (χ1n) is 11.9. The molecule has 3 amide bonds. The average molecular weight is 526 g/mol. The number of esters is 1. The summed E-state index contributed by atoms with van der Waals surface area (Å²) in [6, 6.07) is 7.44. The van der Waals surface area contributed by atoms with Crippen molar-refractivity contribution in [2.75, 3.05) is 25.7 Å². The lowest BCUT2D eigenvalue weighted by atomic mass is 10.1. The molecule has 0 radical (unpaired) electrons. The smallest absolute Gasteiger partial charge is 0.408 e. The van der Waals surface area contributed by atoms with Crippen molar-refractivity contribution >= 4 is 35.8 Å². The van der Waals surface area contributed by atoms with Crippen LogP contribution in [0.15, 0.2) is 30.3 Å². The van der Waals surface area contributed by atoms with Crippen molar-refractivity contribution in [3.8, 4) is 0 Å². The van der Waals surface area contributed by atoms with E-state index in [-0.39, 0.29) is 6.61 Å². The normalized spacial score (nSPS) is 12.6. The second kappa shape index (κ2) is 16.7. The van der Waals surface area contributed by atoms with Gasteiger partial charge in [0.1, 0.15) is 24.3 Å². The zero-order valence-corrected chi connectivity index (χ0v) is 22.6. The summed E-state index contributed by atoms with van der Waals surface area (Å²) in [7, 11) is 1.25. The van der Waals surface area contributed by atoms with Crippen LogP contribution in [0.4, 0.5) is 9.59 Å². The molecule has 1 aromatic carbocycles. The minimum absolute atomic E-state index is 0.0751. The number of alkyl carbamates (subject to hydrolysis) is 2. The van der Waals surface area contributed by atoms with Crippen LogP contribution in [0.5, 0.6) is 0 Å².